The molecule has 0 spiro atoms. The molecule has 3 aliphatic rings. The monoisotopic (exact) mass is 373 g/mol. The number of nitrogens with zero attached hydrogens (tertiary/aromatic N) is 2. The second-order valence-corrected chi connectivity index (χ2v) is 8.44. The van der Waals surface area contributed by atoms with Gasteiger partial charge in [0.1, 0.15) is 18.4 Å². The Labute approximate surface area is 163 Å². The first-order chi connectivity index (χ1) is 13.3. The molecule has 2 aromatic carbocycles. The van der Waals surface area contributed by atoms with E-state index < -0.39 is 0 Å². The van der Waals surface area contributed by atoms with Gasteiger partial charge in [0.2, 0.25) is 5.52 Å². The molecule has 0 fully saturated rings. The van der Waals surface area contributed by atoms with Crippen molar-refractivity contribution < 1.29 is 9.30 Å². The number of para-hydroxylation sites is 1. The molecule has 3 nitrogen and oxygen atoms in total. The second kappa shape index (κ2) is 5.77. The number of anilines is 1. The lowest BCUT2D eigenvalue weighted by Gasteiger charge is -2.37. The highest BCUT2D eigenvalue weighted by molar-refractivity contribution is 8.04. The molecule has 3 aromatic rings. The molecule has 0 aliphatic carbocycles. The van der Waals surface area contributed by atoms with Crippen molar-refractivity contribution in [3.05, 3.63) is 65.3 Å². The van der Waals surface area contributed by atoms with E-state index in [2.05, 4.69) is 71.1 Å². The van der Waals surface area contributed by atoms with Crippen LogP contribution in [-0.2, 0) is 6.54 Å². The molecule has 0 bridgehead atoms. The molecule has 0 radical (unpaired) electrons. The number of benzene rings is 2. The minimum absolute atomic E-state index is 0.151. The van der Waals surface area contributed by atoms with Crippen molar-refractivity contribution in [1.29, 1.82) is 0 Å². The Balaban J connectivity index is 1.62. The molecule has 1 atom stereocenters. The van der Waals surface area contributed by atoms with Crippen LogP contribution < -0.4 is 14.2 Å². The lowest BCUT2D eigenvalue weighted by atomic mass is 9.90. The van der Waals surface area contributed by atoms with Gasteiger partial charge in [0.25, 0.3) is 0 Å². The lowest BCUT2D eigenvalue weighted by molar-refractivity contribution is -0.671. The zero-order valence-electron chi connectivity index (χ0n) is 15.3. The Morgan fingerprint density at radius 3 is 3.00 bits per heavy atom. The number of hydrogen-bond donors (Lipinski definition) is 0. The Morgan fingerprint density at radius 1 is 1.15 bits per heavy atom. The lowest BCUT2D eigenvalue weighted by Crippen LogP contribution is -2.38. The fourth-order valence-electron chi connectivity index (χ4n) is 4.66. The standard InChI is InChI=1S/C23H21N2OS/c1-2-12-24-13-10-15-21-17(24)7-5-8-18(21)26-19-11-14-25-16-6-3-4-9-20(16)27-23(25)22(15)19/h3-10,13,19H,2,11-12,14H2,1H3/q+1. The molecular formula is C23H21N2OS+. The third-order valence-corrected chi connectivity index (χ3v) is 7.00. The van der Waals surface area contributed by atoms with Gasteiger partial charge in [-0.1, -0.05) is 36.9 Å². The molecule has 0 amide bonds. The minimum Gasteiger partial charge on any atom is -0.485 e. The van der Waals surface area contributed by atoms with Gasteiger partial charge in [-0.05, 0) is 18.2 Å². The van der Waals surface area contributed by atoms with Crippen molar-refractivity contribution in [1.82, 2.24) is 0 Å². The number of aromatic nitrogens is 1. The van der Waals surface area contributed by atoms with Gasteiger partial charge in [-0.3, -0.25) is 0 Å². The Morgan fingerprint density at radius 2 is 2.07 bits per heavy atom. The highest BCUT2D eigenvalue weighted by Gasteiger charge is 2.40. The summed E-state index contributed by atoms with van der Waals surface area (Å²) >= 11 is 1.90. The van der Waals surface area contributed by atoms with Crippen LogP contribution in [0.25, 0.3) is 16.5 Å². The third-order valence-electron chi connectivity index (χ3n) is 5.80. The van der Waals surface area contributed by atoms with Crippen LogP contribution >= 0.6 is 11.8 Å². The number of rotatable bonds is 2. The molecular weight excluding hydrogens is 352 g/mol. The van der Waals surface area contributed by atoms with Gasteiger partial charge in [0.15, 0.2) is 6.20 Å². The molecule has 0 saturated heterocycles. The van der Waals surface area contributed by atoms with E-state index in [1.165, 1.54) is 37.7 Å². The zero-order chi connectivity index (χ0) is 18.0. The Kier molecular flexibility index (Phi) is 3.33. The number of thioether (sulfide) groups is 1. The first kappa shape index (κ1) is 15.6. The molecule has 1 unspecified atom stereocenters. The van der Waals surface area contributed by atoms with Crippen LogP contribution in [0.2, 0.25) is 0 Å². The van der Waals surface area contributed by atoms with Gasteiger partial charge in [0.05, 0.1) is 16.1 Å². The first-order valence-electron chi connectivity index (χ1n) is 9.76. The van der Waals surface area contributed by atoms with Crippen LogP contribution in [0.3, 0.4) is 0 Å². The summed E-state index contributed by atoms with van der Waals surface area (Å²) in [7, 11) is 0. The SMILES string of the molecule is CCC[n+]1ccc2c3c(cccc31)OC1CCN3C(=C21)Sc1ccccc13. The predicted molar refractivity (Wildman–Crippen MR) is 110 cm³/mol. The summed E-state index contributed by atoms with van der Waals surface area (Å²) in [5.41, 5.74) is 5.34. The Bertz CT molecular complexity index is 1120. The molecule has 1 aromatic heterocycles. The Hall–Kier alpha value is -2.46. The summed E-state index contributed by atoms with van der Waals surface area (Å²) in [6, 6.07) is 17.5. The topological polar surface area (TPSA) is 16.4 Å². The van der Waals surface area contributed by atoms with Gasteiger partial charge >= 0.3 is 0 Å². The molecule has 134 valence electrons. The van der Waals surface area contributed by atoms with E-state index >= 15 is 0 Å². The normalized spacial score (nSPS) is 19.6. The molecule has 6 rings (SSSR count). The maximum Gasteiger partial charge on any atom is 0.216 e. The number of hydrogen-bond acceptors (Lipinski definition) is 3. The first-order valence-corrected chi connectivity index (χ1v) is 10.6. The quantitative estimate of drug-likeness (QED) is 0.589. The van der Waals surface area contributed by atoms with Crippen molar-refractivity contribution in [2.45, 2.75) is 37.3 Å². The summed E-state index contributed by atoms with van der Waals surface area (Å²) in [5.74, 6) is 1.04. The van der Waals surface area contributed by atoms with Crippen molar-refractivity contribution in [2.24, 2.45) is 0 Å². The van der Waals surface area contributed by atoms with Gasteiger partial charge in [-0.2, -0.15) is 4.57 Å². The van der Waals surface area contributed by atoms with Gasteiger partial charge in [-0.25, -0.2) is 0 Å². The molecule has 0 N–H and O–H groups in total. The average Bonchev–Trinajstić information content (AvgIpc) is 3.08. The fraction of sp³-hybridized carbons (Fsp3) is 0.261. The molecule has 4 heteroatoms. The summed E-state index contributed by atoms with van der Waals surface area (Å²) < 4.78 is 8.89. The smallest absolute Gasteiger partial charge is 0.216 e. The molecule has 27 heavy (non-hydrogen) atoms. The molecule has 3 aliphatic heterocycles. The summed E-state index contributed by atoms with van der Waals surface area (Å²) in [6.07, 6.45) is 4.55. The second-order valence-electron chi connectivity index (χ2n) is 7.41. The van der Waals surface area contributed by atoms with Gasteiger partial charge in [0, 0.05) is 47.6 Å². The highest BCUT2D eigenvalue weighted by atomic mass is 32.2. The van der Waals surface area contributed by atoms with Crippen LogP contribution in [0, 0.1) is 0 Å². The summed E-state index contributed by atoms with van der Waals surface area (Å²) in [4.78, 5) is 3.84. The van der Waals surface area contributed by atoms with Crippen molar-refractivity contribution in [2.75, 3.05) is 11.4 Å². The van der Waals surface area contributed by atoms with E-state index in [4.69, 9.17) is 4.74 Å². The van der Waals surface area contributed by atoms with E-state index in [0.29, 0.717) is 0 Å². The summed E-state index contributed by atoms with van der Waals surface area (Å²) in [5, 5.41) is 2.63. The van der Waals surface area contributed by atoms with E-state index in [1.807, 2.05) is 11.8 Å². The van der Waals surface area contributed by atoms with Crippen LogP contribution in [-0.4, -0.2) is 12.6 Å². The highest BCUT2D eigenvalue weighted by Crippen LogP contribution is 2.54. The van der Waals surface area contributed by atoms with Crippen molar-refractivity contribution >= 4 is 33.9 Å². The molecule has 0 saturated carbocycles. The molecule has 4 heterocycles. The van der Waals surface area contributed by atoms with E-state index in [9.17, 15) is 0 Å². The van der Waals surface area contributed by atoms with E-state index in [1.54, 1.807) is 0 Å². The van der Waals surface area contributed by atoms with Crippen LogP contribution in [0.5, 0.6) is 5.75 Å². The van der Waals surface area contributed by atoms with Crippen LogP contribution in [0.1, 0.15) is 25.3 Å². The largest absolute Gasteiger partial charge is 0.485 e. The van der Waals surface area contributed by atoms with Crippen molar-refractivity contribution in [3.8, 4) is 5.75 Å². The third kappa shape index (κ3) is 2.13. The predicted octanol–water partition coefficient (Wildman–Crippen LogP) is 4.98. The van der Waals surface area contributed by atoms with Crippen molar-refractivity contribution in [3.63, 3.8) is 0 Å². The maximum absolute atomic E-state index is 6.54. The van der Waals surface area contributed by atoms with Crippen LogP contribution in [0.4, 0.5) is 5.69 Å². The van der Waals surface area contributed by atoms with Gasteiger partial charge in [-0.15, -0.1) is 0 Å². The van der Waals surface area contributed by atoms with E-state index in [0.717, 1.165) is 31.7 Å². The number of pyridine rings is 1. The number of aryl methyl sites for hydroxylation is 1. The van der Waals surface area contributed by atoms with Crippen LogP contribution in [0.15, 0.2) is 64.7 Å². The zero-order valence-corrected chi connectivity index (χ0v) is 16.1. The van der Waals surface area contributed by atoms with Gasteiger partial charge < -0.3 is 9.64 Å². The maximum atomic E-state index is 6.54. The summed E-state index contributed by atoms with van der Waals surface area (Å²) in [6.45, 7) is 4.27. The number of fused-ring (bicyclic) bond motifs is 5. The number of ether oxygens (including phenoxy) is 1. The average molecular weight is 374 g/mol. The van der Waals surface area contributed by atoms with E-state index in [-0.39, 0.29) is 6.10 Å². The fourth-order valence-corrected chi connectivity index (χ4v) is 5.95. The minimum atomic E-state index is 0.151.